The highest BCUT2D eigenvalue weighted by Gasteiger charge is 2.14. The van der Waals surface area contributed by atoms with E-state index in [1.54, 1.807) is 6.07 Å². The summed E-state index contributed by atoms with van der Waals surface area (Å²) in [5.74, 6) is -0.881. The Hall–Kier alpha value is -1.51. The number of aryl methyl sites for hydroxylation is 1. The molecule has 0 heterocycles. The van der Waals surface area contributed by atoms with Gasteiger partial charge in [0.15, 0.2) is 0 Å². The van der Waals surface area contributed by atoms with E-state index in [4.69, 9.17) is 10.8 Å². The van der Waals surface area contributed by atoms with E-state index in [-0.39, 0.29) is 0 Å². The average molecular weight is 193 g/mol. The second kappa shape index (κ2) is 3.70. The third-order valence-electron chi connectivity index (χ3n) is 2.55. The van der Waals surface area contributed by atoms with Crippen LogP contribution >= 0.6 is 0 Å². The first-order chi connectivity index (χ1) is 6.49. The fraction of sp³-hybridized carbons (Fsp3) is 0.364. The van der Waals surface area contributed by atoms with Crippen molar-refractivity contribution in [3.63, 3.8) is 0 Å². The molecule has 3 nitrogen and oxygen atoms in total. The van der Waals surface area contributed by atoms with Gasteiger partial charge in [-0.1, -0.05) is 6.92 Å². The van der Waals surface area contributed by atoms with E-state index in [2.05, 4.69) is 0 Å². The van der Waals surface area contributed by atoms with Crippen LogP contribution in [-0.4, -0.2) is 11.1 Å². The van der Waals surface area contributed by atoms with Gasteiger partial charge < -0.3 is 10.8 Å². The van der Waals surface area contributed by atoms with Gasteiger partial charge in [0.2, 0.25) is 0 Å². The highest BCUT2D eigenvalue weighted by Crippen LogP contribution is 2.24. The lowest BCUT2D eigenvalue weighted by molar-refractivity contribution is 0.0695. The van der Waals surface area contributed by atoms with Crippen molar-refractivity contribution in [2.24, 2.45) is 0 Å². The molecule has 0 saturated heterocycles. The molecule has 0 radical (unpaired) electrons. The Bertz CT molecular complexity index is 383. The lowest BCUT2D eigenvalue weighted by atomic mass is 9.95. The van der Waals surface area contributed by atoms with E-state index in [0.717, 1.165) is 16.7 Å². The third kappa shape index (κ3) is 1.58. The fourth-order valence-corrected chi connectivity index (χ4v) is 1.69. The minimum absolute atomic E-state index is 0.372. The monoisotopic (exact) mass is 193 g/mol. The van der Waals surface area contributed by atoms with Gasteiger partial charge in [0.05, 0.1) is 5.56 Å². The molecule has 0 aliphatic carbocycles. The summed E-state index contributed by atoms with van der Waals surface area (Å²) < 4.78 is 0. The van der Waals surface area contributed by atoms with Gasteiger partial charge in [-0.2, -0.15) is 0 Å². The van der Waals surface area contributed by atoms with E-state index in [9.17, 15) is 4.79 Å². The molecule has 0 aliphatic heterocycles. The average Bonchev–Trinajstić information content (AvgIpc) is 2.13. The van der Waals surface area contributed by atoms with Crippen molar-refractivity contribution < 1.29 is 9.90 Å². The molecule has 3 N–H and O–H groups in total. The summed E-state index contributed by atoms with van der Waals surface area (Å²) in [7, 11) is 0. The Labute approximate surface area is 83.6 Å². The zero-order valence-corrected chi connectivity index (χ0v) is 8.72. The van der Waals surface area contributed by atoms with Crippen molar-refractivity contribution >= 4 is 11.7 Å². The highest BCUT2D eigenvalue weighted by atomic mass is 16.4. The van der Waals surface area contributed by atoms with Gasteiger partial charge >= 0.3 is 5.97 Å². The molecule has 3 heteroatoms. The van der Waals surface area contributed by atoms with Crippen molar-refractivity contribution in [1.82, 2.24) is 0 Å². The van der Waals surface area contributed by atoms with Crippen LogP contribution in [0, 0.1) is 13.8 Å². The summed E-state index contributed by atoms with van der Waals surface area (Å²) in [6.07, 6.45) is 0.692. The minimum atomic E-state index is -0.881. The highest BCUT2D eigenvalue weighted by molar-refractivity contribution is 5.91. The molecule has 0 spiro atoms. The summed E-state index contributed by atoms with van der Waals surface area (Å²) >= 11 is 0. The van der Waals surface area contributed by atoms with E-state index in [1.807, 2.05) is 20.8 Å². The standard InChI is InChI=1S/C11H15NO2/c1-4-8-7(3)10(12)6(2)5-9(8)11(13)14/h5H,4,12H2,1-3H3,(H,13,14). The molecular weight excluding hydrogens is 178 g/mol. The van der Waals surface area contributed by atoms with Crippen molar-refractivity contribution in [1.29, 1.82) is 0 Å². The predicted octanol–water partition coefficient (Wildman–Crippen LogP) is 2.15. The number of benzene rings is 1. The molecular formula is C11H15NO2. The Morgan fingerprint density at radius 1 is 1.50 bits per heavy atom. The number of aromatic carboxylic acids is 1. The lowest BCUT2D eigenvalue weighted by Crippen LogP contribution is -2.07. The van der Waals surface area contributed by atoms with Gasteiger partial charge in [0.25, 0.3) is 0 Å². The van der Waals surface area contributed by atoms with Crippen LogP contribution < -0.4 is 5.73 Å². The molecule has 0 saturated carbocycles. The second-order valence-corrected chi connectivity index (χ2v) is 3.42. The largest absolute Gasteiger partial charge is 0.478 e. The first-order valence-corrected chi connectivity index (χ1v) is 4.60. The molecule has 1 aromatic carbocycles. The summed E-state index contributed by atoms with van der Waals surface area (Å²) in [6, 6.07) is 1.64. The van der Waals surface area contributed by atoms with Gasteiger partial charge in [-0.25, -0.2) is 4.79 Å². The van der Waals surface area contributed by atoms with Crippen molar-refractivity contribution in [2.45, 2.75) is 27.2 Å². The number of anilines is 1. The van der Waals surface area contributed by atoms with Gasteiger partial charge in [-0.15, -0.1) is 0 Å². The van der Waals surface area contributed by atoms with Crippen molar-refractivity contribution in [2.75, 3.05) is 5.73 Å². The van der Waals surface area contributed by atoms with Crippen LogP contribution in [0.3, 0.4) is 0 Å². The summed E-state index contributed by atoms with van der Waals surface area (Å²) in [4.78, 5) is 11.0. The van der Waals surface area contributed by atoms with Crippen LogP contribution in [0.5, 0.6) is 0 Å². The molecule has 14 heavy (non-hydrogen) atoms. The van der Waals surface area contributed by atoms with Gasteiger partial charge in [-0.3, -0.25) is 0 Å². The van der Waals surface area contributed by atoms with E-state index in [1.165, 1.54) is 0 Å². The Morgan fingerprint density at radius 2 is 2.07 bits per heavy atom. The van der Waals surface area contributed by atoms with Crippen LogP contribution in [0.1, 0.15) is 34.0 Å². The molecule has 0 unspecified atom stereocenters. The number of hydrogen-bond donors (Lipinski definition) is 2. The number of carboxylic acid groups (broad SMARTS) is 1. The molecule has 0 atom stereocenters. The van der Waals surface area contributed by atoms with Gasteiger partial charge in [-0.05, 0) is 43.0 Å². The Kier molecular flexibility index (Phi) is 2.79. The molecule has 0 bridgehead atoms. The zero-order chi connectivity index (χ0) is 10.9. The zero-order valence-electron chi connectivity index (χ0n) is 8.72. The van der Waals surface area contributed by atoms with Gasteiger partial charge in [0.1, 0.15) is 0 Å². The van der Waals surface area contributed by atoms with Crippen molar-refractivity contribution in [3.8, 4) is 0 Å². The second-order valence-electron chi connectivity index (χ2n) is 3.42. The summed E-state index contributed by atoms with van der Waals surface area (Å²) in [5.41, 5.74) is 9.47. The minimum Gasteiger partial charge on any atom is -0.478 e. The molecule has 1 rings (SSSR count). The molecule has 0 amide bonds. The van der Waals surface area contributed by atoms with Gasteiger partial charge in [0, 0.05) is 5.69 Å². The SMILES string of the molecule is CCc1c(C(=O)O)cc(C)c(N)c1C. The normalized spacial score (nSPS) is 10.2. The number of nitrogens with two attached hydrogens (primary N) is 1. The van der Waals surface area contributed by atoms with Crippen LogP contribution in [0.25, 0.3) is 0 Å². The topological polar surface area (TPSA) is 63.3 Å². The summed E-state index contributed by atoms with van der Waals surface area (Å²) in [5, 5.41) is 9.00. The van der Waals surface area contributed by atoms with Crippen molar-refractivity contribution in [3.05, 3.63) is 28.3 Å². The Balaban J connectivity index is 3.51. The number of carbonyl (C=O) groups is 1. The Morgan fingerprint density at radius 3 is 2.50 bits per heavy atom. The van der Waals surface area contributed by atoms with E-state index >= 15 is 0 Å². The fourth-order valence-electron chi connectivity index (χ4n) is 1.69. The first kappa shape index (κ1) is 10.6. The first-order valence-electron chi connectivity index (χ1n) is 4.60. The smallest absolute Gasteiger partial charge is 0.335 e. The third-order valence-corrected chi connectivity index (χ3v) is 2.55. The van der Waals surface area contributed by atoms with E-state index in [0.29, 0.717) is 17.7 Å². The molecule has 0 aromatic heterocycles. The molecule has 1 aromatic rings. The van der Waals surface area contributed by atoms with Crippen LogP contribution in [0.4, 0.5) is 5.69 Å². The molecule has 0 fully saturated rings. The number of rotatable bonds is 2. The number of nitrogen functional groups attached to an aromatic ring is 1. The van der Waals surface area contributed by atoms with E-state index < -0.39 is 5.97 Å². The maximum atomic E-state index is 11.0. The molecule has 76 valence electrons. The number of hydrogen-bond acceptors (Lipinski definition) is 2. The van der Waals surface area contributed by atoms with Crippen LogP contribution in [0.2, 0.25) is 0 Å². The predicted molar refractivity (Wildman–Crippen MR) is 56.7 cm³/mol. The van der Waals surface area contributed by atoms with Crippen LogP contribution in [-0.2, 0) is 6.42 Å². The quantitative estimate of drug-likeness (QED) is 0.707. The summed E-state index contributed by atoms with van der Waals surface area (Å²) in [6.45, 7) is 5.63. The maximum absolute atomic E-state index is 11.0. The van der Waals surface area contributed by atoms with Crippen LogP contribution in [0.15, 0.2) is 6.07 Å². The molecule has 0 aliphatic rings. The number of carboxylic acids is 1. The lowest BCUT2D eigenvalue weighted by Gasteiger charge is -2.12. The maximum Gasteiger partial charge on any atom is 0.335 e.